The maximum atomic E-state index is 13.7. The fourth-order valence-corrected chi connectivity index (χ4v) is 2.49. The summed E-state index contributed by atoms with van der Waals surface area (Å²) < 4.78 is 13.7. The number of benzene rings is 1. The molecule has 0 aliphatic carbocycles. The van der Waals surface area contributed by atoms with Crippen LogP contribution in [0.2, 0.25) is 0 Å². The van der Waals surface area contributed by atoms with E-state index in [-0.39, 0.29) is 13.1 Å². The van der Waals surface area contributed by atoms with E-state index in [1.807, 2.05) is 0 Å². The first-order chi connectivity index (χ1) is 10.5. The number of imide groups is 2. The predicted molar refractivity (Wildman–Crippen MR) is 75.0 cm³/mol. The van der Waals surface area contributed by atoms with Crippen molar-refractivity contribution in [1.29, 1.82) is 0 Å². The summed E-state index contributed by atoms with van der Waals surface area (Å²) in [6.45, 7) is 1.53. The van der Waals surface area contributed by atoms with Crippen LogP contribution in [-0.4, -0.2) is 39.2 Å². The van der Waals surface area contributed by atoms with Crippen LogP contribution in [0.5, 0.6) is 0 Å². The van der Waals surface area contributed by atoms with Gasteiger partial charge in [0.2, 0.25) is 0 Å². The summed E-state index contributed by atoms with van der Waals surface area (Å²) in [5, 5.41) is 0.565. The Balaban J connectivity index is 2.02. The van der Waals surface area contributed by atoms with Crippen LogP contribution in [0.1, 0.15) is 12.5 Å². The average Bonchev–Trinajstić information content (AvgIpc) is 2.70. The summed E-state index contributed by atoms with van der Waals surface area (Å²) >= 11 is 0. The molecule has 0 N–H and O–H groups in total. The Labute approximate surface area is 125 Å². The van der Waals surface area contributed by atoms with Crippen LogP contribution in [-0.2, 0) is 16.1 Å². The number of hydrogen-bond donors (Lipinski definition) is 0. The van der Waals surface area contributed by atoms with Crippen molar-refractivity contribution in [2.45, 2.75) is 13.5 Å². The van der Waals surface area contributed by atoms with Gasteiger partial charge in [0.25, 0.3) is 0 Å². The summed E-state index contributed by atoms with van der Waals surface area (Å²) in [6, 6.07) is 5.20. The Kier molecular flexibility index (Phi) is 3.32. The van der Waals surface area contributed by atoms with Crippen LogP contribution >= 0.6 is 0 Å². The van der Waals surface area contributed by atoms with E-state index >= 15 is 0 Å². The number of pyridine rings is 1. The number of hydrogen-bond acceptors (Lipinski definition) is 4. The smallest absolute Gasteiger partial charge is 0.263 e. The zero-order chi connectivity index (χ0) is 15.9. The normalized spacial score (nSPS) is 15.3. The van der Waals surface area contributed by atoms with Crippen LogP contribution in [0.25, 0.3) is 10.9 Å². The fraction of sp³-hybridized carbons (Fsp3) is 0.200. The zero-order valence-electron chi connectivity index (χ0n) is 11.7. The molecule has 0 unspecified atom stereocenters. The molecule has 112 valence electrons. The van der Waals surface area contributed by atoms with Crippen molar-refractivity contribution in [3.8, 4) is 0 Å². The number of halogens is 1. The van der Waals surface area contributed by atoms with Gasteiger partial charge in [-0.1, -0.05) is 6.07 Å². The Bertz CT molecular complexity index is 806. The number of nitrogens with zero attached hydrogens (tertiary/aromatic N) is 3. The van der Waals surface area contributed by atoms with Gasteiger partial charge in [-0.05, 0) is 25.1 Å². The van der Waals surface area contributed by atoms with Crippen LogP contribution in [0.3, 0.4) is 0 Å². The van der Waals surface area contributed by atoms with Gasteiger partial charge in [0, 0.05) is 23.7 Å². The summed E-state index contributed by atoms with van der Waals surface area (Å²) in [5.74, 6) is -2.25. The van der Waals surface area contributed by atoms with Crippen molar-refractivity contribution in [3.63, 3.8) is 0 Å². The van der Waals surface area contributed by atoms with Gasteiger partial charge in [-0.3, -0.25) is 24.4 Å². The molecule has 1 aromatic heterocycles. The molecule has 0 saturated carbocycles. The standard InChI is InChI=1S/C15H12FN3O3/c1-2-18-13(20)14(21)19(15(18)22)8-10-7-11(16)6-9-4-3-5-17-12(9)10/h3-7H,2,8H2,1H3. The number of fused-ring (bicyclic) bond motifs is 1. The minimum Gasteiger partial charge on any atom is -0.263 e. The molecule has 1 fully saturated rings. The van der Waals surface area contributed by atoms with Gasteiger partial charge >= 0.3 is 17.8 Å². The van der Waals surface area contributed by atoms with Gasteiger partial charge in [0.1, 0.15) is 5.82 Å². The largest absolute Gasteiger partial charge is 0.334 e. The molecule has 4 amide bonds. The number of urea groups is 1. The first-order valence-electron chi connectivity index (χ1n) is 6.73. The third-order valence-electron chi connectivity index (χ3n) is 3.53. The van der Waals surface area contributed by atoms with Gasteiger partial charge in [-0.25, -0.2) is 9.18 Å². The highest BCUT2D eigenvalue weighted by Gasteiger charge is 2.43. The van der Waals surface area contributed by atoms with Crippen molar-refractivity contribution < 1.29 is 18.8 Å². The molecule has 3 rings (SSSR count). The SMILES string of the molecule is CCN1C(=O)C(=O)N(Cc2cc(F)cc3cccnc23)C1=O. The number of carbonyl (C=O) groups excluding carboxylic acids is 3. The van der Waals surface area contributed by atoms with Gasteiger partial charge in [0.15, 0.2) is 0 Å². The first-order valence-corrected chi connectivity index (χ1v) is 6.73. The minimum absolute atomic E-state index is 0.113. The Morgan fingerprint density at radius 3 is 2.55 bits per heavy atom. The monoisotopic (exact) mass is 301 g/mol. The third kappa shape index (κ3) is 2.11. The number of rotatable bonds is 3. The highest BCUT2D eigenvalue weighted by molar-refractivity contribution is 6.44. The molecule has 1 saturated heterocycles. The number of amides is 4. The van der Waals surface area contributed by atoms with Crippen LogP contribution in [0, 0.1) is 5.82 Å². The molecule has 2 aromatic rings. The molecule has 7 heteroatoms. The summed E-state index contributed by atoms with van der Waals surface area (Å²) in [4.78, 5) is 41.5. The van der Waals surface area contributed by atoms with E-state index in [1.54, 1.807) is 25.3 Å². The Morgan fingerprint density at radius 1 is 1.14 bits per heavy atom. The fourth-order valence-electron chi connectivity index (χ4n) is 2.49. The van der Waals surface area contributed by atoms with Crippen molar-refractivity contribution in [2.24, 2.45) is 0 Å². The van der Waals surface area contributed by atoms with E-state index in [0.29, 0.717) is 16.5 Å². The van der Waals surface area contributed by atoms with Crippen LogP contribution in [0.15, 0.2) is 30.5 Å². The topological polar surface area (TPSA) is 70.6 Å². The van der Waals surface area contributed by atoms with Gasteiger partial charge in [-0.15, -0.1) is 0 Å². The zero-order valence-corrected chi connectivity index (χ0v) is 11.7. The molecule has 0 atom stereocenters. The van der Waals surface area contributed by atoms with Crippen molar-refractivity contribution >= 4 is 28.7 Å². The molecule has 0 bridgehead atoms. The van der Waals surface area contributed by atoms with Crippen molar-refractivity contribution in [3.05, 3.63) is 41.8 Å². The van der Waals surface area contributed by atoms with Crippen LogP contribution in [0.4, 0.5) is 9.18 Å². The van der Waals surface area contributed by atoms with E-state index in [4.69, 9.17) is 0 Å². The number of carbonyl (C=O) groups is 3. The second kappa shape index (κ2) is 5.18. The highest BCUT2D eigenvalue weighted by atomic mass is 19.1. The molecule has 1 aliphatic heterocycles. The first kappa shape index (κ1) is 14.1. The molecule has 6 nitrogen and oxygen atoms in total. The lowest BCUT2D eigenvalue weighted by atomic mass is 10.1. The lowest BCUT2D eigenvalue weighted by Crippen LogP contribution is -2.33. The van der Waals surface area contributed by atoms with E-state index in [1.165, 1.54) is 12.1 Å². The van der Waals surface area contributed by atoms with E-state index in [0.717, 1.165) is 9.80 Å². The van der Waals surface area contributed by atoms with E-state index < -0.39 is 23.7 Å². The maximum absolute atomic E-state index is 13.7. The lowest BCUT2D eigenvalue weighted by molar-refractivity contribution is -0.143. The maximum Gasteiger partial charge on any atom is 0.334 e. The second-order valence-corrected chi connectivity index (χ2v) is 4.86. The Morgan fingerprint density at radius 2 is 1.86 bits per heavy atom. The molecule has 2 heterocycles. The molecule has 1 aliphatic rings. The highest BCUT2D eigenvalue weighted by Crippen LogP contribution is 2.22. The van der Waals surface area contributed by atoms with E-state index in [9.17, 15) is 18.8 Å². The van der Waals surface area contributed by atoms with Gasteiger partial charge in [-0.2, -0.15) is 0 Å². The average molecular weight is 301 g/mol. The quantitative estimate of drug-likeness (QED) is 0.639. The van der Waals surface area contributed by atoms with Crippen molar-refractivity contribution in [1.82, 2.24) is 14.8 Å². The summed E-state index contributed by atoms with van der Waals surface area (Å²) in [6.07, 6.45) is 1.54. The third-order valence-corrected chi connectivity index (χ3v) is 3.53. The minimum atomic E-state index is -0.903. The number of likely N-dealkylation sites (N-methyl/N-ethyl adjacent to an activating group) is 1. The molecule has 1 aromatic carbocycles. The molecular formula is C15H12FN3O3. The molecule has 22 heavy (non-hydrogen) atoms. The van der Waals surface area contributed by atoms with Crippen molar-refractivity contribution in [2.75, 3.05) is 6.54 Å². The summed E-state index contributed by atoms with van der Waals surface area (Å²) in [5.41, 5.74) is 0.870. The van der Waals surface area contributed by atoms with E-state index in [2.05, 4.69) is 4.98 Å². The van der Waals surface area contributed by atoms with Crippen LogP contribution < -0.4 is 0 Å². The molecular weight excluding hydrogens is 289 g/mol. The second-order valence-electron chi connectivity index (χ2n) is 4.86. The lowest BCUT2D eigenvalue weighted by Gasteiger charge is -2.15. The molecule has 0 spiro atoms. The van der Waals surface area contributed by atoms with Gasteiger partial charge in [0.05, 0.1) is 12.1 Å². The predicted octanol–water partition coefficient (Wildman–Crippen LogP) is 1.68. The molecule has 0 radical (unpaired) electrons. The summed E-state index contributed by atoms with van der Waals surface area (Å²) in [7, 11) is 0. The number of aromatic nitrogens is 1. The van der Waals surface area contributed by atoms with Gasteiger partial charge < -0.3 is 0 Å². The Hall–Kier alpha value is -2.83.